The van der Waals surface area contributed by atoms with E-state index in [4.69, 9.17) is 0 Å². The van der Waals surface area contributed by atoms with Crippen molar-refractivity contribution in [2.75, 3.05) is 0 Å². The molecule has 0 fully saturated rings. The number of ketones is 2. The number of hydrogen-bond acceptors (Lipinski definition) is 2. The number of hydrogen-bond donors (Lipinski definition) is 0. The van der Waals surface area contributed by atoms with Gasteiger partial charge in [0.2, 0.25) is 0 Å². The highest BCUT2D eigenvalue weighted by Gasteiger charge is 2.41. The quantitative estimate of drug-likeness (QED) is 0.192. The Hall–Kier alpha value is -3.78. The van der Waals surface area contributed by atoms with E-state index in [0.717, 1.165) is 35.1 Å². The zero-order chi connectivity index (χ0) is 27.2. The molecule has 4 aromatic rings. The first-order chi connectivity index (χ1) is 18.2. The summed E-state index contributed by atoms with van der Waals surface area (Å²) in [6.45, 7) is 8.77. The zero-order valence-electron chi connectivity index (χ0n) is 22.9. The van der Waals surface area contributed by atoms with Crippen LogP contribution in [0.15, 0.2) is 121 Å². The summed E-state index contributed by atoms with van der Waals surface area (Å²) in [5.41, 5.74) is 2.86. The number of benzene rings is 4. The van der Waals surface area contributed by atoms with E-state index in [-0.39, 0.29) is 34.2 Å². The molecule has 0 saturated carbocycles. The molecule has 2 atom stereocenters. The topological polar surface area (TPSA) is 34.1 Å². The lowest BCUT2D eigenvalue weighted by Gasteiger charge is -2.40. The van der Waals surface area contributed by atoms with Gasteiger partial charge in [0.05, 0.1) is 11.8 Å². The molecule has 4 rings (SSSR count). The molecule has 0 aromatic heterocycles. The van der Waals surface area contributed by atoms with E-state index in [1.807, 2.05) is 97.1 Å². The van der Waals surface area contributed by atoms with Crippen molar-refractivity contribution in [3.05, 3.63) is 144 Å². The lowest BCUT2D eigenvalue weighted by atomic mass is 9.63. The van der Waals surface area contributed by atoms with E-state index in [1.165, 1.54) is 0 Å². The maximum absolute atomic E-state index is 13.9. The lowest BCUT2D eigenvalue weighted by molar-refractivity contribution is 0.0801. The van der Waals surface area contributed by atoms with Gasteiger partial charge in [0, 0.05) is 11.1 Å². The third-order valence-corrected chi connectivity index (χ3v) is 7.88. The minimum Gasteiger partial charge on any atom is -0.293 e. The van der Waals surface area contributed by atoms with E-state index >= 15 is 0 Å². The highest BCUT2D eigenvalue weighted by Crippen LogP contribution is 2.48. The first-order valence-electron chi connectivity index (χ1n) is 13.5. The van der Waals surface area contributed by atoms with Gasteiger partial charge >= 0.3 is 0 Å². The number of carbonyl (C=O) groups is 2. The summed E-state index contributed by atoms with van der Waals surface area (Å²) < 4.78 is 0. The van der Waals surface area contributed by atoms with Gasteiger partial charge in [0.25, 0.3) is 0 Å². The molecule has 0 aliphatic carbocycles. The first kappa shape index (κ1) is 27.3. The van der Waals surface area contributed by atoms with Crippen LogP contribution in [0.4, 0.5) is 0 Å². The molecule has 0 spiro atoms. The molecule has 194 valence electrons. The van der Waals surface area contributed by atoms with Crippen LogP contribution in [0.2, 0.25) is 0 Å². The molecule has 0 aliphatic heterocycles. The Balaban J connectivity index is 1.66. The molecule has 2 unspecified atom stereocenters. The molecule has 2 nitrogen and oxygen atoms in total. The van der Waals surface area contributed by atoms with Crippen LogP contribution in [-0.4, -0.2) is 11.6 Å². The van der Waals surface area contributed by atoms with Crippen LogP contribution in [0.5, 0.6) is 0 Å². The summed E-state index contributed by atoms with van der Waals surface area (Å²) in [4.78, 5) is 27.8. The van der Waals surface area contributed by atoms with E-state index in [0.29, 0.717) is 0 Å². The maximum atomic E-state index is 13.9. The van der Waals surface area contributed by atoms with Crippen LogP contribution in [-0.2, 0) is 0 Å². The van der Waals surface area contributed by atoms with Gasteiger partial charge in [-0.2, -0.15) is 0 Å². The maximum Gasteiger partial charge on any atom is 0.170 e. The predicted octanol–water partition coefficient (Wildman–Crippen LogP) is 9.15. The number of rotatable bonds is 11. The minimum atomic E-state index is -0.331. The van der Waals surface area contributed by atoms with Crippen LogP contribution in [0.3, 0.4) is 0 Å². The van der Waals surface area contributed by atoms with Crippen molar-refractivity contribution in [3.8, 4) is 0 Å². The van der Waals surface area contributed by atoms with Crippen molar-refractivity contribution in [3.63, 3.8) is 0 Å². The molecule has 0 N–H and O–H groups in total. The smallest absolute Gasteiger partial charge is 0.170 e. The normalized spacial score (nSPS) is 13.5. The van der Waals surface area contributed by atoms with Gasteiger partial charge in [-0.05, 0) is 34.8 Å². The molecular weight excluding hydrogens is 464 g/mol. The van der Waals surface area contributed by atoms with Crippen molar-refractivity contribution in [1.82, 2.24) is 0 Å². The molecule has 0 bridgehead atoms. The fourth-order valence-corrected chi connectivity index (χ4v) is 5.68. The van der Waals surface area contributed by atoms with Crippen LogP contribution >= 0.6 is 0 Å². The number of carbonyl (C=O) groups excluding carboxylic acids is 2. The third kappa shape index (κ3) is 6.19. The van der Waals surface area contributed by atoms with Gasteiger partial charge in [0.1, 0.15) is 0 Å². The Morgan fingerprint density at radius 3 is 1.03 bits per heavy atom. The van der Waals surface area contributed by atoms with Gasteiger partial charge in [0.15, 0.2) is 11.6 Å². The summed E-state index contributed by atoms with van der Waals surface area (Å²) in [7, 11) is 0. The molecule has 38 heavy (non-hydrogen) atoms. The summed E-state index contributed by atoms with van der Waals surface area (Å²) in [5, 5.41) is 0. The third-order valence-electron chi connectivity index (χ3n) is 7.88. The molecule has 0 radical (unpaired) electrons. The van der Waals surface area contributed by atoms with Gasteiger partial charge in [-0.3, -0.25) is 9.59 Å². The first-order valence-corrected chi connectivity index (χ1v) is 13.5. The highest BCUT2D eigenvalue weighted by molar-refractivity contribution is 6.02. The van der Waals surface area contributed by atoms with Gasteiger partial charge in [-0.1, -0.05) is 149 Å². The average molecular weight is 503 g/mol. The monoisotopic (exact) mass is 502 g/mol. The van der Waals surface area contributed by atoms with Gasteiger partial charge in [-0.15, -0.1) is 0 Å². The summed E-state index contributed by atoms with van der Waals surface area (Å²) in [6.07, 6.45) is 1.59. The van der Waals surface area contributed by atoms with Crippen LogP contribution < -0.4 is 0 Å². The molecule has 4 aromatic carbocycles. The van der Waals surface area contributed by atoms with E-state index < -0.39 is 0 Å². The van der Waals surface area contributed by atoms with Gasteiger partial charge in [-0.25, -0.2) is 0 Å². The fraction of sp³-hybridized carbons (Fsp3) is 0.278. The van der Waals surface area contributed by atoms with Crippen LogP contribution in [0.1, 0.15) is 84.2 Å². The van der Waals surface area contributed by atoms with Crippen molar-refractivity contribution < 1.29 is 9.59 Å². The Bertz CT molecular complexity index is 1220. The van der Waals surface area contributed by atoms with E-state index in [1.54, 1.807) is 0 Å². The predicted molar refractivity (Wildman–Crippen MR) is 157 cm³/mol. The minimum absolute atomic E-state index is 0.138. The Morgan fingerprint density at radius 2 is 0.737 bits per heavy atom. The van der Waals surface area contributed by atoms with Crippen molar-refractivity contribution >= 4 is 11.6 Å². The zero-order valence-corrected chi connectivity index (χ0v) is 22.9. The van der Waals surface area contributed by atoms with Crippen LogP contribution in [0, 0.1) is 10.8 Å². The second-order valence-corrected chi connectivity index (χ2v) is 11.6. The van der Waals surface area contributed by atoms with Gasteiger partial charge < -0.3 is 0 Å². The highest BCUT2D eigenvalue weighted by atomic mass is 16.1. The standard InChI is InChI=1S/C36H38O2/c1-35(2,31(27-17-9-5-10-18-27)33(37)29-21-13-7-14-22-29)25-26-36(3,4)32(28-19-11-6-12-20-28)34(38)30-23-15-8-16-24-30/h5-24,31-32H,25-26H2,1-4H3. The Kier molecular flexibility index (Phi) is 8.42. The summed E-state index contributed by atoms with van der Waals surface area (Å²) >= 11 is 0. The molecule has 0 aliphatic rings. The molecular formula is C36H38O2. The molecule has 0 saturated heterocycles. The second-order valence-electron chi connectivity index (χ2n) is 11.6. The van der Waals surface area contributed by atoms with Crippen LogP contribution in [0.25, 0.3) is 0 Å². The SMILES string of the molecule is CC(C)(CCC(C)(C)C(C(=O)c1ccccc1)c1ccccc1)C(C(=O)c1ccccc1)c1ccccc1. The van der Waals surface area contributed by atoms with E-state index in [9.17, 15) is 9.59 Å². The number of Topliss-reactive ketones (excluding diaryl/α,β-unsaturated/α-hetero) is 2. The largest absolute Gasteiger partial charge is 0.293 e. The average Bonchev–Trinajstić information content (AvgIpc) is 2.94. The fourth-order valence-electron chi connectivity index (χ4n) is 5.68. The van der Waals surface area contributed by atoms with Crippen molar-refractivity contribution in [2.24, 2.45) is 10.8 Å². The summed E-state index contributed by atoms with van der Waals surface area (Å²) in [6, 6.07) is 39.4. The summed E-state index contributed by atoms with van der Waals surface area (Å²) in [5.74, 6) is -0.303. The van der Waals surface area contributed by atoms with E-state index in [2.05, 4.69) is 52.0 Å². The van der Waals surface area contributed by atoms with Crippen molar-refractivity contribution in [1.29, 1.82) is 0 Å². The Morgan fingerprint density at radius 1 is 0.474 bits per heavy atom. The Labute approximate surface area is 227 Å². The molecule has 2 heteroatoms. The molecule has 0 amide bonds. The second kappa shape index (κ2) is 11.7. The van der Waals surface area contributed by atoms with Crippen molar-refractivity contribution in [2.45, 2.75) is 52.4 Å². The lowest BCUT2D eigenvalue weighted by Crippen LogP contribution is -2.34. The molecule has 0 heterocycles.